The van der Waals surface area contributed by atoms with Gasteiger partial charge >= 0.3 is 0 Å². The van der Waals surface area contributed by atoms with Gasteiger partial charge in [-0.1, -0.05) is 17.7 Å². The second-order valence-electron chi connectivity index (χ2n) is 6.68. The quantitative estimate of drug-likeness (QED) is 0.755. The molecule has 2 amide bonds. The van der Waals surface area contributed by atoms with Crippen molar-refractivity contribution in [2.75, 3.05) is 6.54 Å². The van der Waals surface area contributed by atoms with E-state index in [0.717, 1.165) is 12.0 Å². The zero-order valence-electron chi connectivity index (χ0n) is 14.0. The van der Waals surface area contributed by atoms with Gasteiger partial charge in [0.2, 0.25) is 11.8 Å². The van der Waals surface area contributed by atoms with Gasteiger partial charge in [0.05, 0.1) is 11.8 Å². The van der Waals surface area contributed by atoms with Crippen molar-refractivity contribution < 1.29 is 9.59 Å². The lowest BCUT2D eigenvalue weighted by Crippen LogP contribution is -2.30. The van der Waals surface area contributed by atoms with E-state index < -0.39 is 0 Å². The molecule has 1 saturated carbocycles. The normalized spacial score (nSPS) is 22.4. The third-order valence-electron chi connectivity index (χ3n) is 4.78. The number of hydrogen-bond acceptors (Lipinski definition) is 3. The summed E-state index contributed by atoms with van der Waals surface area (Å²) in [7, 11) is 0. The SMILES string of the molecule is O=C(NCCC1=CCCCC1)C1CC1C(=O)NCc1cccnc1. The lowest BCUT2D eigenvalue weighted by molar-refractivity contribution is -0.127. The smallest absolute Gasteiger partial charge is 0.224 e. The average Bonchev–Trinajstić information content (AvgIpc) is 3.42. The second kappa shape index (κ2) is 8.08. The Balaban J connectivity index is 1.34. The van der Waals surface area contributed by atoms with E-state index >= 15 is 0 Å². The molecule has 5 heteroatoms. The molecule has 128 valence electrons. The van der Waals surface area contributed by atoms with Crippen LogP contribution in [0.2, 0.25) is 0 Å². The third-order valence-corrected chi connectivity index (χ3v) is 4.78. The van der Waals surface area contributed by atoms with Gasteiger partial charge in [0.1, 0.15) is 0 Å². The zero-order valence-corrected chi connectivity index (χ0v) is 14.0. The first-order valence-electron chi connectivity index (χ1n) is 8.86. The molecular formula is C19H25N3O2. The van der Waals surface area contributed by atoms with E-state index in [2.05, 4.69) is 21.7 Å². The van der Waals surface area contributed by atoms with Gasteiger partial charge in [-0.3, -0.25) is 14.6 Å². The van der Waals surface area contributed by atoms with E-state index in [0.29, 0.717) is 19.5 Å². The molecule has 5 nitrogen and oxygen atoms in total. The molecule has 0 bridgehead atoms. The molecule has 2 N–H and O–H groups in total. The van der Waals surface area contributed by atoms with Crippen LogP contribution < -0.4 is 10.6 Å². The third kappa shape index (κ3) is 4.66. The second-order valence-corrected chi connectivity index (χ2v) is 6.68. The molecule has 0 radical (unpaired) electrons. The molecule has 0 aromatic carbocycles. The van der Waals surface area contributed by atoms with Crippen molar-refractivity contribution in [3.8, 4) is 0 Å². The fraction of sp³-hybridized carbons (Fsp3) is 0.526. The molecule has 1 aromatic heterocycles. The number of amides is 2. The van der Waals surface area contributed by atoms with Crippen LogP contribution in [0, 0.1) is 11.8 Å². The van der Waals surface area contributed by atoms with Crippen LogP contribution in [0.25, 0.3) is 0 Å². The summed E-state index contributed by atoms with van der Waals surface area (Å²) >= 11 is 0. The minimum Gasteiger partial charge on any atom is -0.356 e. The summed E-state index contributed by atoms with van der Waals surface area (Å²) in [6.45, 7) is 1.15. The molecule has 1 aromatic rings. The monoisotopic (exact) mass is 327 g/mol. The predicted octanol–water partition coefficient (Wildman–Crippen LogP) is 2.34. The van der Waals surface area contributed by atoms with Crippen LogP contribution >= 0.6 is 0 Å². The Bertz CT molecular complexity index is 612. The molecule has 2 atom stereocenters. The van der Waals surface area contributed by atoms with Crippen LogP contribution in [0.15, 0.2) is 36.2 Å². The summed E-state index contributed by atoms with van der Waals surface area (Å²) < 4.78 is 0. The first-order chi connectivity index (χ1) is 11.7. The number of carbonyl (C=O) groups is 2. The molecule has 0 aliphatic heterocycles. The molecule has 2 aliphatic carbocycles. The van der Waals surface area contributed by atoms with Crippen LogP contribution in [-0.4, -0.2) is 23.3 Å². The highest BCUT2D eigenvalue weighted by molar-refractivity contribution is 5.92. The van der Waals surface area contributed by atoms with Gasteiger partial charge in [0.25, 0.3) is 0 Å². The van der Waals surface area contributed by atoms with E-state index in [1.807, 2.05) is 12.1 Å². The Morgan fingerprint density at radius 2 is 2.00 bits per heavy atom. The zero-order chi connectivity index (χ0) is 16.8. The van der Waals surface area contributed by atoms with E-state index in [1.165, 1.54) is 31.3 Å². The number of carbonyl (C=O) groups excluding carboxylic acids is 2. The average molecular weight is 327 g/mol. The Hall–Kier alpha value is -2.17. The maximum absolute atomic E-state index is 12.1. The summed E-state index contributed by atoms with van der Waals surface area (Å²) in [5.41, 5.74) is 2.43. The first kappa shape index (κ1) is 16.7. The van der Waals surface area contributed by atoms with Gasteiger partial charge in [0, 0.05) is 25.5 Å². The lowest BCUT2D eigenvalue weighted by Gasteiger charge is -2.13. The highest BCUT2D eigenvalue weighted by Gasteiger charge is 2.47. The summed E-state index contributed by atoms with van der Waals surface area (Å²) in [5, 5.41) is 5.87. The molecule has 3 rings (SSSR count). The number of hydrogen-bond donors (Lipinski definition) is 2. The van der Waals surface area contributed by atoms with Crippen LogP contribution in [-0.2, 0) is 16.1 Å². The number of aromatic nitrogens is 1. The van der Waals surface area contributed by atoms with E-state index in [4.69, 9.17) is 0 Å². The fourth-order valence-corrected chi connectivity index (χ4v) is 3.21. The maximum atomic E-state index is 12.1. The van der Waals surface area contributed by atoms with Crippen molar-refractivity contribution in [3.05, 3.63) is 41.7 Å². The molecule has 0 spiro atoms. The Morgan fingerprint density at radius 3 is 2.71 bits per heavy atom. The number of pyridine rings is 1. The number of rotatable bonds is 7. The van der Waals surface area contributed by atoms with Crippen molar-refractivity contribution in [2.24, 2.45) is 11.8 Å². The molecule has 24 heavy (non-hydrogen) atoms. The highest BCUT2D eigenvalue weighted by Crippen LogP contribution is 2.38. The molecule has 1 heterocycles. The minimum atomic E-state index is -0.171. The number of allylic oxidation sites excluding steroid dienone is 1. The van der Waals surface area contributed by atoms with Crippen molar-refractivity contribution in [1.82, 2.24) is 15.6 Å². The minimum absolute atomic E-state index is 0.0212. The molecule has 2 aliphatic rings. The summed E-state index contributed by atoms with van der Waals surface area (Å²) in [4.78, 5) is 28.2. The fourth-order valence-electron chi connectivity index (χ4n) is 3.21. The van der Waals surface area contributed by atoms with Gasteiger partial charge < -0.3 is 10.6 Å². The van der Waals surface area contributed by atoms with Gasteiger partial charge in [-0.2, -0.15) is 0 Å². The Kier molecular flexibility index (Phi) is 5.62. The van der Waals surface area contributed by atoms with Crippen molar-refractivity contribution in [1.29, 1.82) is 0 Å². The highest BCUT2D eigenvalue weighted by atomic mass is 16.2. The van der Waals surface area contributed by atoms with E-state index in [-0.39, 0.29) is 23.7 Å². The van der Waals surface area contributed by atoms with Gasteiger partial charge in [0.15, 0.2) is 0 Å². The van der Waals surface area contributed by atoms with Gasteiger partial charge in [-0.15, -0.1) is 0 Å². The van der Waals surface area contributed by atoms with Crippen molar-refractivity contribution >= 4 is 11.8 Å². The van der Waals surface area contributed by atoms with Gasteiger partial charge in [-0.25, -0.2) is 0 Å². The lowest BCUT2D eigenvalue weighted by atomic mass is 9.97. The van der Waals surface area contributed by atoms with Crippen LogP contribution in [0.1, 0.15) is 44.1 Å². The number of nitrogens with zero attached hydrogens (tertiary/aromatic N) is 1. The largest absolute Gasteiger partial charge is 0.356 e. The molecule has 1 fully saturated rings. The van der Waals surface area contributed by atoms with Crippen LogP contribution in [0.5, 0.6) is 0 Å². The van der Waals surface area contributed by atoms with E-state index in [9.17, 15) is 9.59 Å². The predicted molar refractivity (Wildman–Crippen MR) is 91.9 cm³/mol. The van der Waals surface area contributed by atoms with Crippen molar-refractivity contribution in [3.63, 3.8) is 0 Å². The molecular weight excluding hydrogens is 302 g/mol. The van der Waals surface area contributed by atoms with Crippen molar-refractivity contribution in [2.45, 2.75) is 45.1 Å². The summed E-state index contributed by atoms with van der Waals surface area (Å²) in [6.07, 6.45) is 12.2. The first-order valence-corrected chi connectivity index (χ1v) is 8.86. The summed E-state index contributed by atoms with van der Waals surface area (Å²) in [6, 6.07) is 3.76. The van der Waals surface area contributed by atoms with Gasteiger partial charge in [-0.05, 0) is 50.2 Å². The van der Waals surface area contributed by atoms with E-state index in [1.54, 1.807) is 12.4 Å². The van der Waals surface area contributed by atoms with Crippen LogP contribution in [0.4, 0.5) is 0 Å². The standard InChI is InChI=1S/C19H25N3O2/c23-18(21-10-8-14-5-2-1-3-6-14)16-11-17(16)19(24)22-13-15-7-4-9-20-12-15/h4-5,7,9,12,16-17H,1-3,6,8,10-11,13H2,(H,21,23)(H,22,24). The summed E-state index contributed by atoms with van der Waals surface area (Å²) in [5.74, 6) is -0.336. The maximum Gasteiger partial charge on any atom is 0.224 e. The Morgan fingerprint density at radius 1 is 1.17 bits per heavy atom. The Labute approximate surface area is 142 Å². The van der Waals surface area contributed by atoms with Crippen LogP contribution in [0.3, 0.4) is 0 Å². The topological polar surface area (TPSA) is 71.1 Å². The molecule has 0 saturated heterocycles. The molecule has 2 unspecified atom stereocenters. The number of nitrogens with one attached hydrogen (secondary N) is 2.